The molecule has 138 valence electrons. The molecule has 0 N–H and O–H groups in total. The van der Waals surface area contributed by atoms with Crippen LogP contribution < -0.4 is 4.74 Å². The van der Waals surface area contributed by atoms with Gasteiger partial charge in [0.15, 0.2) is 0 Å². The van der Waals surface area contributed by atoms with E-state index in [9.17, 15) is 0 Å². The van der Waals surface area contributed by atoms with E-state index < -0.39 is 0 Å². The van der Waals surface area contributed by atoms with Crippen LogP contribution in [0.3, 0.4) is 0 Å². The van der Waals surface area contributed by atoms with E-state index in [0.717, 1.165) is 22.9 Å². The van der Waals surface area contributed by atoms with Crippen LogP contribution in [0.15, 0.2) is 36.0 Å². The Balaban J connectivity index is 1.35. The maximum Gasteiger partial charge on any atom is 0.490 e. The van der Waals surface area contributed by atoms with Gasteiger partial charge in [0.1, 0.15) is 6.61 Å². The van der Waals surface area contributed by atoms with Crippen molar-refractivity contribution in [1.82, 2.24) is 4.98 Å². The Morgan fingerprint density at radius 2 is 2.04 bits per heavy atom. The van der Waals surface area contributed by atoms with E-state index in [1.807, 2.05) is 19.2 Å². The second-order valence-corrected chi connectivity index (χ2v) is 8.95. The lowest BCUT2D eigenvalue weighted by Crippen LogP contribution is -2.41. The SMILES string of the molecule is C=C(/C=C(\C)B1OC(C)(C)C(C)(C)O1)COc1cc2c(cn1)[C@@H]1C[C@@H]1C2. The maximum absolute atomic E-state index is 6.07. The first-order valence-corrected chi connectivity index (χ1v) is 9.49. The van der Waals surface area contributed by atoms with Gasteiger partial charge in [0.2, 0.25) is 5.88 Å². The highest BCUT2D eigenvalue weighted by atomic mass is 16.7. The molecule has 2 heterocycles. The van der Waals surface area contributed by atoms with Crippen LogP contribution in [-0.4, -0.2) is 29.9 Å². The molecule has 2 atom stereocenters. The van der Waals surface area contributed by atoms with Crippen LogP contribution in [0.2, 0.25) is 0 Å². The van der Waals surface area contributed by atoms with Crippen LogP contribution in [0.25, 0.3) is 0 Å². The summed E-state index contributed by atoms with van der Waals surface area (Å²) in [6, 6.07) is 2.10. The Morgan fingerprint density at radius 3 is 2.73 bits per heavy atom. The van der Waals surface area contributed by atoms with E-state index in [1.54, 1.807) is 0 Å². The van der Waals surface area contributed by atoms with Crippen LogP contribution in [-0.2, 0) is 15.7 Å². The molecule has 1 aliphatic heterocycles. The maximum atomic E-state index is 6.07. The fourth-order valence-electron chi connectivity index (χ4n) is 3.84. The zero-order valence-electron chi connectivity index (χ0n) is 16.5. The predicted octanol–water partition coefficient (Wildman–Crippen LogP) is 4.25. The lowest BCUT2D eigenvalue weighted by molar-refractivity contribution is 0.00578. The molecule has 1 saturated heterocycles. The molecule has 4 nitrogen and oxygen atoms in total. The molecule has 1 saturated carbocycles. The molecule has 2 fully saturated rings. The zero-order chi connectivity index (χ0) is 18.7. The van der Waals surface area contributed by atoms with Crippen molar-refractivity contribution in [3.63, 3.8) is 0 Å². The van der Waals surface area contributed by atoms with E-state index >= 15 is 0 Å². The van der Waals surface area contributed by atoms with Crippen LogP contribution >= 0.6 is 0 Å². The van der Waals surface area contributed by atoms with Crippen molar-refractivity contribution in [1.29, 1.82) is 0 Å². The molecule has 4 rings (SSSR count). The van der Waals surface area contributed by atoms with E-state index in [-0.39, 0.29) is 18.3 Å². The molecule has 0 bridgehead atoms. The second kappa shape index (κ2) is 5.96. The summed E-state index contributed by atoms with van der Waals surface area (Å²) in [4.78, 5) is 4.46. The number of allylic oxidation sites excluding steroid dienone is 1. The first-order chi connectivity index (χ1) is 12.2. The Bertz CT molecular complexity index is 767. The number of ether oxygens (including phenoxy) is 1. The first kappa shape index (κ1) is 17.8. The molecule has 0 amide bonds. The molecule has 3 aliphatic rings. The van der Waals surface area contributed by atoms with Gasteiger partial charge in [-0.1, -0.05) is 12.7 Å². The smallest absolute Gasteiger partial charge is 0.473 e. The third-order valence-corrected chi connectivity index (χ3v) is 6.27. The fraction of sp³-hybridized carbons (Fsp3) is 0.571. The minimum Gasteiger partial charge on any atom is -0.473 e. The Hall–Kier alpha value is -1.59. The summed E-state index contributed by atoms with van der Waals surface area (Å²) in [5.41, 5.74) is 4.05. The highest BCUT2D eigenvalue weighted by molar-refractivity contribution is 6.54. The number of rotatable bonds is 5. The highest BCUT2D eigenvalue weighted by Gasteiger charge is 2.51. The van der Waals surface area contributed by atoms with Gasteiger partial charge < -0.3 is 14.0 Å². The van der Waals surface area contributed by atoms with E-state index in [0.29, 0.717) is 12.5 Å². The normalized spacial score (nSPS) is 27.9. The Morgan fingerprint density at radius 1 is 1.35 bits per heavy atom. The van der Waals surface area contributed by atoms with E-state index in [1.165, 1.54) is 24.0 Å². The van der Waals surface area contributed by atoms with Crippen molar-refractivity contribution >= 4 is 7.12 Å². The summed E-state index contributed by atoms with van der Waals surface area (Å²) in [7, 11) is -0.346. The van der Waals surface area contributed by atoms with Crippen molar-refractivity contribution in [2.45, 2.75) is 64.6 Å². The second-order valence-electron chi connectivity index (χ2n) is 8.95. The van der Waals surface area contributed by atoms with Gasteiger partial charge in [-0.05, 0) is 81.5 Å². The molecular formula is C21H28BNO3. The molecule has 0 aromatic carbocycles. The molecule has 2 aliphatic carbocycles. The van der Waals surface area contributed by atoms with Gasteiger partial charge >= 0.3 is 7.12 Å². The lowest BCUT2D eigenvalue weighted by atomic mass is 9.78. The van der Waals surface area contributed by atoms with E-state index in [4.69, 9.17) is 14.0 Å². The molecular weight excluding hydrogens is 325 g/mol. The van der Waals surface area contributed by atoms with Crippen molar-refractivity contribution in [2.24, 2.45) is 5.92 Å². The van der Waals surface area contributed by atoms with Gasteiger partial charge in [-0.15, -0.1) is 0 Å². The summed E-state index contributed by atoms with van der Waals surface area (Å²) < 4.78 is 18.0. The zero-order valence-corrected chi connectivity index (χ0v) is 16.5. The first-order valence-electron chi connectivity index (χ1n) is 9.49. The summed E-state index contributed by atoms with van der Waals surface area (Å²) in [6.07, 6.45) is 6.51. The summed E-state index contributed by atoms with van der Waals surface area (Å²) >= 11 is 0. The van der Waals surface area contributed by atoms with Gasteiger partial charge in [0, 0.05) is 12.3 Å². The largest absolute Gasteiger partial charge is 0.490 e. The van der Waals surface area contributed by atoms with Crippen molar-refractivity contribution in [2.75, 3.05) is 6.61 Å². The lowest BCUT2D eigenvalue weighted by Gasteiger charge is -2.32. The third kappa shape index (κ3) is 3.12. The Kier molecular flexibility index (Phi) is 4.09. The molecule has 0 unspecified atom stereocenters. The number of nitrogens with zero attached hydrogens (tertiary/aromatic N) is 1. The molecule has 1 aromatic heterocycles. The third-order valence-electron chi connectivity index (χ3n) is 6.27. The fourth-order valence-corrected chi connectivity index (χ4v) is 3.84. The predicted molar refractivity (Wildman–Crippen MR) is 103 cm³/mol. The number of hydrogen-bond donors (Lipinski definition) is 0. The van der Waals surface area contributed by atoms with Crippen LogP contribution in [0.1, 0.15) is 58.1 Å². The standard InChI is InChI=1S/C21H28BNO3/c1-13(7-14(2)22-25-20(3,4)21(5,6)26-22)12-24-19-10-16-8-15-9-17(15)18(16)11-23-19/h7,10-11,15,17H,1,8-9,12H2,2-6H3/b14-7+/t15-,17+/m0/s1. The van der Waals surface area contributed by atoms with Gasteiger partial charge in [-0.25, -0.2) is 4.98 Å². The van der Waals surface area contributed by atoms with Crippen molar-refractivity contribution in [3.8, 4) is 5.88 Å². The van der Waals surface area contributed by atoms with Crippen LogP contribution in [0.4, 0.5) is 0 Å². The van der Waals surface area contributed by atoms with Gasteiger partial charge in [-0.3, -0.25) is 0 Å². The average Bonchev–Trinajstić information content (AvgIpc) is 3.16. The van der Waals surface area contributed by atoms with Crippen molar-refractivity contribution < 1.29 is 14.0 Å². The average molecular weight is 353 g/mol. The topological polar surface area (TPSA) is 40.6 Å². The summed E-state index contributed by atoms with van der Waals surface area (Å²) in [5, 5.41) is 0. The monoisotopic (exact) mass is 353 g/mol. The molecule has 26 heavy (non-hydrogen) atoms. The van der Waals surface area contributed by atoms with Gasteiger partial charge in [0.25, 0.3) is 0 Å². The van der Waals surface area contributed by atoms with E-state index in [2.05, 4.69) is 45.3 Å². The minimum atomic E-state index is -0.346. The molecule has 0 radical (unpaired) electrons. The summed E-state index contributed by atoms with van der Waals surface area (Å²) in [5.74, 6) is 2.32. The van der Waals surface area contributed by atoms with Gasteiger partial charge in [0.05, 0.1) is 11.2 Å². The minimum absolute atomic E-state index is 0.334. The Labute approximate surface area is 156 Å². The number of fused-ring (bicyclic) bond motifs is 3. The number of aromatic nitrogens is 1. The van der Waals surface area contributed by atoms with Gasteiger partial charge in [-0.2, -0.15) is 0 Å². The van der Waals surface area contributed by atoms with Crippen LogP contribution in [0, 0.1) is 5.92 Å². The summed E-state index contributed by atoms with van der Waals surface area (Å²) in [6.45, 7) is 14.8. The van der Waals surface area contributed by atoms with Crippen molar-refractivity contribution in [3.05, 3.63) is 47.1 Å². The quantitative estimate of drug-likeness (QED) is 0.586. The molecule has 0 spiro atoms. The molecule has 5 heteroatoms. The molecule has 1 aromatic rings. The highest BCUT2D eigenvalue weighted by Crippen LogP contribution is 2.56. The number of pyridine rings is 1. The number of hydrogen-bond acceptors (Lipinski definition) is 4. The van der Waals surface area contributed by atoms with Crippen LogP contribution in [0.5, 0.6) is 5.88 Å².